The van der Waals surface area contributed by atoms with Crippen LogP contribution in [0.15, 0.2) is 28.1 Å². The van der Waals surface area contributed by atoms with E-state index in [1.807, 2.05) is 6.92 Å². The average molecular weight is 376 g/mol. The molecule has 0 aliphatic carbocycles. The van der Waals surface area contributed by atoms with Crippen molar-refractivity contribution in [2.24, 2.45) is 0 Å². The first-order valence-corrected chi connectivity index (χ1v) is 9.14. The second kappa shape index (κ2) is 7.07. The number of nitrogens with one attached hydrogen (secondary N) is 1. The summed E-state index contributed by atoms with van der Waals surface area (Å²) in [6.07, 6.45) is 0. The number of furan rings is 1. The van der Waals surface area contributed by atoms with Gasteiger partial charge in [-0.2, -0.15) is 0 Å². The Labute approximate surface area is 155 Å². The average Bonchev–Trinajstić information content (AvgIpc) is 3.11. The molecule has 0 bridgehead atoms. The minimum absolute atomic E-state index is 0.0706. The molecule has 1 N–H and O–H groups in total. The van der Waals surface area contributed by atoms with E-state index in [1.165, 1.54) is 25.2 Å². The molecular weight excluding hydrogens is 355 g/mol. The lowest BCUT2D eigenvalue weighted by molar-refractivity contribution is 0.0920. The fourth-order valence-corrected chi connectivity index (χ4v) is 3.25. The zero-order valence-corrected chi connectivity index (χ0v) is 16.0. The summed E-state index contributed by atoms with van der Waals surface area (Å²) < 4.78 is 25.2. The quantitative estimate of drug-likeness (QED) is 0.685. The van der Waals surface area contributed by atoms with Crippen molar-refractivity contribution in [1.82, 2.24) is 10.3 Å². The van der Waals surface area contributed by atoms with Gasteiger partial charge in [-0.05, 0) is 45.9 Å². The zero-order chi connectivity index (χ0) is 18.9. The van der Waals surface area contributed by atoms with Crippen LogP contribution in [0.1, 0.15) is 40.5 Å². The van der Waals surface area contributed by atoms with Crippen molar-refractivity contribution in [3.63, 3.8) is 0 Å². The second-order valence-corrected chi connectivity index (χ2v) is 7.68. The maximum Gasteiger partial charge on any atom is 0.255 e. The van der Waals surface area contributed by atoms with Gasteiger partial charge in [0.25, 0.3) is 5.91 Å². The van der Waals surface area contributed by atoms with Gasteiger partial charge in [0.05, 0.1) is 28.2 Å². The molecule has 0 fully saturated rings. The summed E-state index contributed by atoms with van der Waals surface area (Å²) in [6.45, 7) is 6.83. The number of fused-ring (bicyclic) bond motifs is 1. The second-order valence-electron chi connectivity index (χ2n) is 6.74. The number of ether oxygens (including phenoxy) is 1. The van der Waals surface area contributed by atoms with Crippen LogP contribution in [0.5, 0.6) is 5.75 Å². The molecule has 26 heavy (non-hydrogen) atoms. The Morgan fingerprint density at radius 2 is 2.15 bits per heavy atom. The maximum atomic E-state index is 13.7. The van der Waals surface area contributed by atoms with Crippen LogP contribution < -0.4 is 10.1 Å². The number of rotatable bonds is 6. The molecule has 0 aliphatic heterocycles. The van der Waals surface area contributed by atoms with Gasteiger partial charge in [-0.25, -0.2) is 9.37 Å². The van der Waals surface area contributed by atoms with Gasteiger partial charge in [0.2, 0.25) is 0 Å². The molecule has 2 heterocycles. The standard InChI is InChI=1S/C19H21FN2O3S/c1-11-16(26-10-22-11)8-24-13-5-6-15-14(7-13)17(12(2)25-15)18(23)21-9-19(3,4)20/h5-7,10H,8-9H2,1-4H3,(H,21,23). The number of aromatic nitrogens is 1. The minimum Gasteiger partial charge on any atom is -0.488 e. The van der Waals surface area contributed by atoms with E-state index in [0.29, 0.717) is 34.6 Å². The van der Waals surface area contributed by atoms with Crippen molar-refractivity contribution in [3.8, 4) is 5.75 Å². The molecule has 7 heteroatoms. The van der Waals surface area contributed by atoms with Gasteiger partial charge in [-0.15, -0.1) is 11.3 Å². The molecule has 138 valence electrons. The van der Waals surface area contributed by atoms with Crippen LogP contribution in [-0.4, -0.2) is 23.1 Å². The molecule has 3 rings (SSSR count). The molecule has 0 atom stereocenters. The van der Waals surface area contributed by atoms with E-state index in [-0.39, 0.29) is 12.5 Å². The van der Waals surface area contributed by atoms with Crippen LogP contribution in [0.25, 0.3) is 11.0 Å². The van der Waals surface area contributed by atoms with Crippen LogP contribution in [0, 0.1) is 13.8 Å². The van der Waals surface area contributed by atoms with E-state index in [0.717, 1.165) is 10.6 Å². The van der Waals surface area contributed by atoms with Gasteiger partial charge in [0.1, 0.15) is 29.4 Å². The SMILES string of the molecule is Cc1ncsc1COc1ccc2oc(C)c(C(=O)NCC(C)(C)F)c2c1. The van der Waals surface area contributed by atoms with Crippen LogP contribution >= 0.6 is 11.3 Å². The van der Waals surface area contributed by atoms with E-state index in [9.17, 15) is 9.18 Å². The summed E-state index contributed by atoms with van der Waals surface area (Å²) in [5, 5.41) is 3.27. The summed E-state index contributed by atoms with van der Waals surface area (Å²) in [5.41, 5.74) is 2.25. The van der Waals surface area contributed by atoms with Crippen molar-refractivity contribution in [3.05, 3.63) is 45.6 Å². The van der Waals surface area contributed by atoms with Gasteiger partial charge in [0, 0.05) is 5.39 Å². The fourth-order valence-electron chi connectivity index (χ4n) is 2.56. The highest BCUT2D eigenvalue weighted by molar-refractivity contribution is 7.09. The summed E-state index contributed by atoms with van der Waals surface area (Å²) in [7, 11) is 0. The Kier molecular flexibility index (Phi) is 5.00. The Morgan fingerprint density at radius 3 is 2.81 bits per heavy atom. The highest BCUT2D eigenvalue weighted by Crippen LogP contribution is 2.30. The Hall–Kier alpha value is -2.41. The number of halogens is 1. The third kappa shape index (κ3) is 4.04. The molecule has 5 nitrogen and oxygen atoms in total. The normalized spacial score (nSPS) is 11.7. The first kappa shape index (κ1) is 18.4. The zero-order valence-electron chi connectivity index (χ0n) is 15.2. The third-order valence-electron chi connectivity index (χ3n) is 3.95. The molecule has 0 saturated heterocycles. The maximum absolute atomic E-state index is 13.7. The van der Waals surface area contributed by atoms with Crippen LogP contribution in [0.2, 0.25) is 0 Å². The predicted octanol–water partition coefficient (Wildman–Crippen LogP) is 4.56. The van der Waals surface area contributed by atoms with Gasteiger partial charge < -0.3 is 14.5 Å². The molecule has 0 spiro atoms. The monoisotopic (exact) mass is 376 g/mol. The predicted molar refractivity (Wildman–Crippen MR) is 99.7 cm³/mol. The summed E-state index contributed by atoms with van der Waals surface area (Å²) in [6, 6.07) is 5.35. The number of hydrogen-bond donors (Lipinski definition) is 1. The molecule has 0 saturated carbocycles. The highest BCUT2D eigenvalue weighted by Gasteiger charge is 2.22. The Balaban J connectivity index is 1.83. The van der Waals surface area contributed by atoms with Crippen molar-refractivity contribution in [2.75, 3.05) is 6.54 Å². The van der Waals surface area contributed by atoms with Gasteiger partial charge in [-0.1, -0.05) is 0 Å². The number of hydrogen-bond acceptors (Lipinski definition) is 5. The van der Waals surface area contributed by atoms with Gasteiger partial charge in [0.15, 0.2) is 0 Å². The summed E-state index contributed by atoms with van der Waals surface area (Å²) in [4.78, 5) is 17.8. The van der Waals surface area contributed by atoms with Crippen molar-refractivity contribution >= 4 is 28.2 Å². The molecular formula is C19H21FN2O3S. The highest BCUT2D eigenvalue weighted by atomic mass is 32.1. The van der Waals surface area contributed by atoms with E-state index in [2.05, 4.69) is 10.3 Å². The lowest BCUT2D eigenvalue weighted by Crippen LogP contribution is -2.35. The molecule has 2 aromatic heterocycles. The van der Waals surface area contributed by atoms with Crippen LogP contribution in [-0.2, 0) is 6.61 Å². The van der Waals surface area contributed by atoms with E-state index in [1.54, 1.807) is 30.6 Å². The molecule has 0 radical (unpaired) electrons. The number of benzene rings is 1. The molecule has 0 aliphatic rings. The number of alkyl halides is 1. The number of aryl methyl sites for hydroxylation is 2. The molecule has 0 unspecified atom stereocenters. The number of carbonyl (C=O) groups is 1. The number of thiazole rings is 1. The first-order chi connectivity index (χ1) is 12.2. The van der Waals surface area contributed by atoms with E-state index >= 15 is 0 Å². The first-order valence-electron chi connectivity index (χ1n) is 8.26. The lowest BCUT2D eigenvalue weighted by Gasteiger charge is -2.14. The van der Waals surface area contributed by atoms with Crippen molar-refractivity contribution in [1.29, 1.82) is 0 Å². The topological polar surface area (TPSA) is 64.4 Å². The lowest BCUT2D eigenvalue weighted by atomic mass is 10.1. The molecule has 1 aromatic carbocycles. The van der Waals surface area contributed by atoms with Crippen molar-refractivity contribution in [2.45, 2.75) is 40.0 Å². The fraction of sp³-hybridized carbons (Fsp3) is 0.368. The third-order valence-corrected chi connectivity index (χ3v) is 4.86. The number of nitrogens with zero attached hydrogens (tertiary/aromatic N) is 1. The minimum atomic E-state index is -1.48. The van der Waals surface area contributed by atoms with Crippen LogP contribution in [0.3, 0.4) is 0 Å². The van der Waals surface area contributed by atoms with E-state index < -0.39 is 5.67 Å². The Bertz CT molecular complexity index is 940. The molecule has 3 aromatic rings. The summed E-state index contributed by atoms with van der Waals surface area (Å²) >= 11 is 1.54. The van der Waals surface area contributed by atoms with Crippen molar-refractivity contribution < 1.29 is 18.3 Å². The van der Waals surface area contributed by atoms with Gasteiger partial charge in [-0.3, -0.25) is 4.79 Å². The number of amides is 1. The van der Waals surface area contributed by atoms with Gasteiger partial charge >= 0.3 is 0 Å². The van der Waals surface area contributed by atoms with E-state index in [4.69, 9.17) is 9.15 Å². The smallest absolute Gasteiger partial charge is 0.255 e. The Morgan fingerprint density at radius 1 is 1.38 bits per heavy atom. The number of carbonyl (C=O) groups excluding carboxylic acids is 1. The molecule has 1 amide bonds. The largest absolute Gasteiger partial charge is 0.488 e. The van der Waals surface area contributed by atoms with Crippen LogP contribution in [0.4, 0.5) is 4.39 Å². The summed E-state index contributed by atoms with van der Waals surface area (Å²) in [5.74, 6) is 0.762.